The zero-order chi connectivity index (χ0) is 21.8. The van der Waals surface area contributed by atoms with Crippen LogP contribution in [0.2, 0.25) is 0 Å². The molecule has 0 aliphatic carbocycles. The molecule has 0 N–H and O–H groups in total. The first-order valence-electron chi connectivity index (χ1n) is 10.2. The van der Waals surface area contributed by atoms with Gasteiger partial charge in [0, 0.05) is 12.1 Å². The monoisotopic (exact) mass is 435 g/mol. The molecule has 31 heavy (non-hydrogen) atoms. The second-order valence-corrected chi connectivity index (χ2v) is 8.55. The Hall–Kier alpha value is -3.13. The summed E-state index contributed by atoms with van der Waals surface area (Å²) in [4.78, 5) is 4.45. The highest BCUT2D eigenvalue weighted by atomic mass is 32.2. The Kier molecular flexibility index (Phi) is 6.36. The maximum absolute atomic E-state index is 6.16. The molecule has 2 aromatic carbocycles. The molecule has 0 radical (unpaired) electrons. The molecule has 8 heteroatoms. The van der Waals surface area contributed by atoms with Gasteiger partial charge in [0.2, 0.25) is 5.89 Å². The van der Waals surface area contributed by atoms with E-state index in [4.69, 9.17) is 9.26 Å². The summed E-state index contributed by atoms with van der Waals surface area (Å²) in [6.07, 6.45) is 0.737. The summed E-state index contributed by atoms with van der Waals surface area (Å²) in [5.74, 6) is 2.89. The minimum Gasteiger partial charge on any atom is -0.485 e. The highest BCUT2D eigenvalue weighted by molar-refractivity contribution is 7.99. The maximum Gasteiger partial charge on any atom is 0.239 e. The van der Waals surface area contributed by atoms with Crippen molar-refractivity contribution in [3.63, 3.8) is 0 Å². The number of hydrogen-bond acceptors (Lipinski definition) is 7. The van der Waals surface area contributed by atoms with Crippen molar-refractivity contribution in [3.05, 3.63) is 77.2 Å². The minimum atomic E-state index is -0.0631. The van der Waals surface area contributed by atoms with Gasteiger partial charge in [-0.15, -0.1) is 10.2 Å². The molecule has 160 valence electrons. The van der Waals surface area contributed by atoms with E-state index in [1.807, 2.05) is 80.8 Å². The fourth-order valence-electron chi connectivity index (χ4n) is 3.25. The molecule has 7 nitrogen and oxygen atoms in total. The molecule has 0 spiro atoms. The molecule has 0 saturated heterocycles. The quantitative estimate of drug-likeness (QED) is 0.349. The highest BCUT2D eigenvalue weighted by Crippen LogP contribution is 2.35. The summed E-state index contributed by atoms with van der Waals surface area (Å²) < 4.78 is 13.6. The van der Waals surface area contributed by atoms with Crippen molar-refractivity contribution >= 4 is 11.8 Å². The van der Waals surface area contributed by atoms with E-state index < -0.39 is 0 Å². The van der Waals surface area contributed by atoms with Crippen molar-refractivity contribution in [2.45, 2.75) is 51.1 Å². The third-order valence-corrected chi connectivity index (χ3v) is 5.93. The second-order valence-electron chi connectivity index (χ2n) is 7.24. The van der Waals surface area contributed by atoms with Crippen LogP contribution in [-0.2, 0) is 13.0 Å². The molecule has 0 aliphatic heterocycles. The van der Waals surface area contributed by atoms with Gasteiger partial charge < -0.3 is 9.26 Å². The van der Waals surface area contributed by atoms with Crippen LogP contribution in [0.15, 0.2) is 58.2 Å². The van der Waals surface area contributed by atoms with Gasteiger partial charge in [-0.1, -0.05) is 60.2 Å². The van der Waals surface area contributed by atoms with Crippen molar-refractivity contribution in [3.8, 4) is 11.4 Å². The summed E-state index contributed by atoms with van der Waals surface area (Å²) >= 11 is 1.53. The Labute approximate surface area is 185 Å². The van der Waals surface area contributed by atoms with Gasteiger partial charge in [0.1, 0.15) is 12.4 Å². The van der Waals surface area contributed by atoms with Crippen LogP contribution in [0.5, 0.6) is 5.75 Å². The smallest absolute Gasteiger partial charge is 0.239 e. The number of para-hydroxylation sites is 2. The number of nitrogens with zero attached hydrogens (tertiary/aromatic N) is 5. The maximum atomic E-state index is 6.16. The van der Waals surface area contributed by atoms with E-state index in [1.165, 1.54) is 11.8 Å². The molecule has 0 bridgehead atoms. The molecular weight excluding hydrogens is 410 g/mol. The molecule has 0 amide bonds. The van der Waals surface area contributed by atoms with Gasteiger partial charge in [0.15, 0.2) is 16.8 Å². The summed E-state index contributed by atoms with van der Waals surface area (Å²) in [6, 6.07) is 16.2. The molecule has 0 saturated carbocycles. The predicted octanol–water partition coefficient (Wildman–Crippen LogP) is 5.26. The Morgan fingerprint density at radius 1 is 1.03 bits per heavy atom. The Morgan fingerprint density at radius 2 is 1.77 bits per heavy atom. The molecule has 1 unspecified atom stereocenters. The average molecular weight is 436 g/mol. The van der Waals surface area contributed by atoms with Crippen LogP contribution < -0.4 is 4.74 Å². The average Bonchev–Trinajstić information content (AvgIpc) is 3.41. The fourth-order valence-corrected chi connectivity index (χ4v) is 4.17. The topological polar surface area (TPSA) is 78.9 Å². The summed E-state index contributed by atoms with van der Waals surface area (Å²) in [5.41, 5.74) is 3.16. The van der Waals surface area contributed by atoms with E-state index in [0.29, 0.717) is 18.3 Å². The number of aryl methyl sites for hydroxylation is 3. The number of thioether (sulfide) groups is 1. The molecule has 1 atom stereocenters. The highest BCUT2D eigenvalue weighted by Gasteiger charge is 2.22. The normalized spacial score (nSPS) is 12.1. The first-order valence-corrected chi connectivity index (χ1v) is 11.1. The van der Waals surface area contributed by atoms with Gasteiger partial charge in [0.05, 0.1) is 5.25 Å². The van der Waals surface area contributed by atoms with Crippen LogP contribution >= 0.6 is 11.8 Å². The lowest BCUT2D eigenvalue weighted by Crippen LogP contribution is -2.08. The third-order valence-electron chi connectivity index (χ3n) is 4.90. The largest absolute Gasteiger partial charge is 0.485 e. The lowest BCUT2D eigenvalue weighted by molar-refractivity contribution is 0.289. The van der Waals surface area contributed by atoms with Crippen LogP contribution in [0, 0.1) is 13.8 Å². The lowest BCUT2D eigenvalue weighted by atomic mass is 10.1. The van der Waals surface area contributed by atoms with E-state index in [1.54, 1.807) is 0 Å². The number of aromatic nitrogens is 5. The Bertz CT molecular complexity index is 1140. The molecular formula is C23H25N5O2S. The first-order chi connectivity index (χ1) is 15.1. The van der Waals surface area contributed by atoms with E-state index in [9.17, 15) is 0 Å². The van der Waals surface area contributed by atoms with Gasteiger partial charge in [-0.3, -0.25) is 4.57 Å². The van der Waals surface area contributed by atoms with Crippen LogP contribution in [0.3, 0.4) is 0 Å². The molecule has 2 heterocycles. The van der Waals surface area contributed by atoms with E-state index in [0.717, 1.165) is 40.0 Å². The summed E-state index contributed by atoms with van der Waals surface area (Å²) in [5, 5.41) is 13.6. The van der Waals surface area contributed by atoms with Gasteiger partial charge in [-0.05, 0) is 44.0 Å². The van der Waals surface area contributed by atoms with Gasteiger partial charge >= 0.3 is 0 Å². The van der Waals surface area contributed by atoms with Crippen molar-refractivity contribution in [2.75, 3.05) is 0 Å². The van der Waals surface area contributed by atoms with Crippen molar-refractivity contribution in [2.24, 2.45) is 0 Å². The van der Waals surface area contributed by atoms with Crippen LogP contribution in [0.4, 0.5) is 0 Å². The SMILES string of the molecule is CCc1noc(C(C)Sc2nnc(COc3c(C)cccc3C)n2-c2ccccc2)n1. The molecule has 4 aromatic rings. The Morgan fingerprint density at radius 3 is 2.45 bits per heavy atom. The van der Waals surface area contributed by atoms with Crippen molar-refractivity contribution in [1.29, 1.82) is 0 Å². The summed E-state index contributed by atoms with van der Waals surface area (Å²) in [7, 11) is 0. The zero-order valence-electron chi connectivity index (χ0n) is 18.1. The summed E-state index contributed by atoms with van der Waals surface area (Å²) in [6.45, 7) is 8.42. The van der Waals surface area contributed by atoms with Gasteiger partial charge in [0.25, 0.3) is 0 Å². The van der Waals surface area contributed by atoms with Crippen LogP contribution in [0.1, 0.15) is 47.8 Å². The van der Waals surface area contributed by atoms with Crippen LogP contribution in [-0.4, -0.2) is 24.9 Å². The van der Waals surface area contributed by atoms with Gasteiger partial charge in [-0.25, -0.2) is 0 Å². The molecule has 4 rings (SSSR count). The van der Waals surface area contributed by atoms with Crippen molar-refractivity contribution < 1.29 is 9.26 Å². The standard InChI is InChI=1S/C23H25N5O2S/c1-5-19-24-22(30-27-19)17(4)31-23-26-25-20(28(23)18-12-7-6-8-13-18)14-29-21-15(2)10-9-11-16(21)3/h6-13,17H,5,14H2,1-4H3. The van der Waals surface area contributed by atoms with Crippen LogP contribution in [0.25, 0.3) is 5.69 Å². The number of rotatable bonds is 8. The molecule has 2 aromatic heterocycles. The Balaban J connectivity index is 1.63. The zero-order valence-corrected chi connectivity index (χ0v) is 18.9. The minimum absolute atomic E-state index is 0.0631. The number of benzene rings is 2. The lowest BCUT2D eigenvalue weighted by Gasteiger charge is -2.14. The van der Waals surface area contributed by atoms with E-state index in [-0.39, 0.29) is 5.25 Å². The van der Waals surface area contributed by atoms with E-state index in [2.05, 4.69) is 20.3 Å². The third kappa shape index (κ3) is 4.64. The number of hydrogen-bond donors (Lipinski definition) is 0. The number of ether oxygens (including phenoxy) is 1. The van der Waals surface area contributed by atoms with Crippen molar-refractivity contribution in [1.82, 2.24) is 24.9 Å². The molecule has 0 aliphatic rings. The first kappa shape index (κ1) is 21.1. The fraction of sp³-hybridized carbons (Fsp3) is 0.304. The second kappa shape index (κ2) is 9.34. The molecule has 0 fully saturated rings. The van der Waals surface area contributed by atoms with E-state index >= 15 is 0 Å². The predicted molar refractivity (Wildman–Crippen MR) is 120 cm³/mol. The van der Waals surface area contributed by atoms with Gasteiger partial charge in [-0.2, -0.15) is 4.98 Å².